The number of hydrogen-bond acceptors (Lipinski definition) is 3. The van der Waals surface area contributed by atoms with Crippen molar-refractivity contribution in [2.45, 2.75) is 6.54 Å². The van der Waals surface area contributed by atoms with E-state index >= 15 is 0 Å². The highest BCUT2D eigenvalue weighted by molar-refractivity contribution is 5.98. The second kappa shape index (κ2) is 5.56. The fourth-order valence-corrected chi connectivity index (χ4v) is 1.83. The van der Waals surface area contributed by atoms with E-state index in [-0.39, 0.29) is 5.91 Å². The molecule has 1 aromatic carbocycles. The molecule has 1 heterocycles. The summed E-state index contributed by atoms with van der Waals surface area (Å²) in [5.74, 6) is 0.686. The first-order valence-corrected chi connectivity index (χ1v) is 6.11. The average molecular weight is 258 g/mol. The van der Waals surface area contributed by atoms with E-state index in [1.807, 2.05) is 37.4 Å². The molecule has 2 rings (SSSR count). The van der Waals surface area contributed by atoms with Gasteiger partial charge in [-0.15, -0.1) is 0 Å². The lowest BCUT2D eigenvalue weighted by molar-refractivity contribution is 0.0828. The minimum absolute atomic E-state index is 0.0522. The standard InChI is InChI=1S/C14H18N4O/c1-17(2)14(19)12-10-16-18(3)13(12)15-9-11-7-5-4-6-8-11/h4-8,10,15H,9H2,1-3H3. The van der Waals surface area contributed by atoms with Crippen LogP contribution in [0.2, 0.25) is 0 Å². The number of carbonyl (C=O) groups excluding carboxylic acids is 1. The maximum Gasteiger partial charge on any atom is 0.258 e. The van der Waals surface area contributed by atoms with Gasteiger partial charge in [0.1, 0.15) is 11.4 Å². The van der Waals surface area contributed by atoms with E-state index < -0.39 is 0 Å². The van der Waals surface area contributed by atoms with Crippen molar-refractivity contribution in [2.24, 2.45) is 7.05 Å². The minimum atomic E-state index is -0.0522. The normalized spacial score (nSPS) is 10.3. The number of carbonyl (C=O) groups is 1. The van der Waals surface area contributed by atoms with Crippen LogP contribution in [0.25, 0.3) is 0 Å². The van der Waals surface area contributed by atoms with Crippen LogP contribution >= 0.6 is 0 Å². The van der Waals surface area contributed by atoms with Gasteiger partial charge in [0.15, 0.2) is 0 Å². The zero-order chi connectivity index (χ0) is 13.8. The molecular weight excluding hydrogens is 240 g/mol. The third kappa shape index (κ3) is 2.93. The number of nitrogens with zero attached hydrogens (tertiary/aromatic N) is 3. The van der Waals surface area contributed by atoms with Gasteiger partial charge in [-0.25, -0.2) is 0 Å². The van der Waals surface area contributed by atoms with Crippen molar-refractivity contribution in [3.63, 3.8) is 0 Å². The number of nitrogens with one attached hydrogen (secondary N) is 1. The number of anilines is 1. The first-order valence-electron chi connectivity index (χ1n) is 6.11. The molecule has 100 valence electrons. The number of aromatic nitrogens is 2. The van der Waals surface area contributed by atoms with Crippen molar-refractivity contribution in [3.05, 3.63) is 47.7 Å². The lowest BCUT2D eigenvalue weighted by atomic mass is 10.2. The highest BCUT2D eigenvalue weighted by Crippen LogP contribution is 2.16. The molecule has 0 unspecified atom stereocenters. The highest BCUT2D eigenvalue weighted by Gasteiger charge is 2.17. The van der Waals surface area contributed by atoms with Crippen LogP contribution in [0.5, 0.6) is 0 Å². The molecule has 5 nitrogen and oxygen atoms in total. The van der Waals surface area contributed by atoms with Gasteiger partial charge in [-0.05, 0) is 5.56 Å². The van der Waals surface area contributed by atoms with E-state index in [4.69, 9.17) is 0 Å². The molecule has 0 aliphatic carbocycles. The summed E-state index contributed by atoms with van der Waals surface area (Å²) < 4.78 is 1.68. The molecule has 1 aromatic heterocycles. The molecule has 5 heteroatoms. The van der Waals surface area contributed by atoms with Crippen molar-refractivity contribution in [1.82, 2.24) is 14.7 Å². The molecule has 2 aromatic rings. The molecule has 0 saturated carbocycles. The monoisotopic (exact) mass is 258 g/mol. The van der Waals surface area contributed by atoms with Crippen LogP contribution < -0.4 is 5.32 Å². The molecule has 0 aliphatic rings. The molecule has 0 spiro atoms. The van der Waals surface area contributed by atoms with Crippen molar-refractivity contribution in [1.29, 1.82) is 0 Å². The third-order valence-corrected chi connectivity index (χ3v) is 2.88. The second-order valence-electron chi connectivity index (χ2n) is 4.57. The molecule has 0 fully saturated rings. The average Bonchev–Trinajstić information content (AvgIpc) is 2.78. The van der Waals surface area contributed by atoms with Gasteiger partial charge >= 0.3 is 0 Å². The Hall–Kier alpha value is -2.30. The Kier molecular flexibility index (Phi) is 3.85. The van der Waals surface area contributed by atoms with Crippen molar-refractivity contribution >= 4 is 11.7 Å². The summed E-state index contributed by atoms with van der Waals surface area (Å²) in [7, 11) is 5.28. The SMILES string of the molecule is CN(C)C(=O)c1cnn(C)c1NCc1ccccc1. The summed E-state index contributed by atoms with van der Waals surface area (Å²) in [6.45, 7) is 0.661. The zero-order valence-corrected chi connectivity index (χ0v) is 11.4. The van der Waals surface area contributed by atoms with Crippen molar-refractivity contribution in [3.8, 4) is 0 Å². The minimum Gasteiger partial charge on any atom is -0.366 e. The molecule has 1 N–H and O–H groups in total. The van der Waals surface area contributed by atoms with Gasteiger partial charge in [-0.3, -0.25) is 9.48 Å². The number of amides is 1. The molecule has 0 bridgehead atoms. The first kappa shape index (κ1) is 13.1. The molecule has 0 aliphatic heterocycles. The van der Waals surface area contributed by atoms with Crippen molar-refractivity contribution in [2.75, 3.05) is 19.4 Å². The van der Waals surface area contributed by atoms with Gasteiger partial charge in [-0.2, -0.15) is 5.10 Å². The van der Waals surface area contributed by atoms with Gasteiger partial charge in [0.25, 0.3) is 5.91 Å². The van der Waals surface area contributed by atoms with Crippen LogP contribution in [0.1, 0.15) is 15.9 Å². The summed E-state index contributed by atoms with van der Waals surface area (Å²) in [5, 5.41) is 7.41. The van der Waals surface area contributed by atoms with E-state index in [1.54, 1.807) is 29.9 Å². The van der Waals surface area contributed by atoms with Crippen LogP contribution in [0.3, 0.4) is 0 Å². The maximum atomic E-state index is 12.0. The number of hydrogen-bond donors (Lipinski definition) is 1. The quantitative estimate of drug-likeness (QED) is 0.908. The lowest BCUT2D eigenvalue weighted by Gasteiger charge is -2.12. The largest absolute Gasteiger partial charge is 0.366 e. The number of benzene rings is 1. The summed E-state index contributed by atoms with van der Waals surface area (Å²) in [4.78, 5) is 13.6. The fraction of sp³-hybridized carbons (Fsp3) is 0.286. The van der Waals surface area contributed by atoms with Gasteiger partial charge in [-0.1, -0.05) is 30.3 Å². The summed E-state index contributed by atoms with van der Waals surface area (Å²) >= 11 is 0. The maximum absolute atomic E-state index is 12.0. The van der Waals surface area contributed by atoms with Crippen LogP contribution in [-0.4, -0.2) is 34.7 Å². The highest BCUT2D eigenvalue weighted by atomic mass is 16.2. The number of aryl methyl sites for hydroxylation is 1. The van der Waals surface area contributed by atoms with Gasteiger partial charge < -0.3 is 10.2 Å². The van der Waals surface area contributed by atoms with Gasteiger partial charge in [0, 0.05) is 27.7 Å². The summed E-state index contributed by atoms with van der Waals surface area (Å²) in [6, 6.07) is 10.0. The first-order chi connectivity index (χ1) is 9.09. The van der Waals surface area contributed by atoms with E-state index in [0.29, 0.717) is 12.1 Å². The van der Waals surface area contributed by atoms with Crippen molar-refractivity contribution < 1.29 is 4.79 Å². The number of rotatable bonds is 4. The predicted octanol–water partition coefficient (Wildman–Crippen LogP) is 1.73. The van der Waals surface area contributed by atoms with E-state index in [0.717, 1.165) is 11.4 Å². The molecular formula is C14H18N4O. The van der Waals surface area contributed by atoms with Crippen LogP contribution in [0.15, 0.2) is 36.5 Å². The van der Waals surface area contributed by atoms with Crippen LogP contribution in [0, 0.1) is 0 Å². The zero-order valence-electron chi connectivity index (χ0n) is 11.4. The Morgan fingerprint density at radius 1 is 1.32 bits per heavy atom. The molecule has 19 heavy (non-hydrogen) atoms. The van der Waals surface area contributed by atoms with Crippen LogP contribution in [-0.2, 0) is 13.6 Å². The van der Waals surface area contributed by atoms with Gasteiger partial charge in [0.05, 0.1) is 6.20 Å². The topological polar surface area (TPSA) is 50.2 Å². The van der Waals surface area contributed by atoms with E-state index in [2.05, 4.69) is 10.4 Å². The van der Waals surface area contributed by atoms with Gasteiger partial charge in [0.2, 0.25) is 0 Å². The Morgan fingerprint density at radius 3 is 2.63 bits per heavy atom. The Labute approximate surface area is 112 Å². The Bertz CT molecular complexity index is 560. The molecule has 0 saturated heterocycles. The predicted molar refractivity (Wildman–Crippen MR) is 75.0 cm³/mol. The Balaban J connectivity index is 2.16. The Morgan fingerprint density at radius 2 is 2.00 bits per heavy atom. The van der Waals surface area contributed by atoms with E-state index in [1.165, 1.54) is 0 Å². The second-order valence-corrected chi connectivity index (χ2v) is 4.57. The lowest BCUT2D eigenvalue weighted by Crippen LogP contribution is -2.22. The fourth-order valence-electron chi connectivity index (χ4n) is 1.83. The van der Waals surface area contributed by atoms with E-state index in [9.17, 15) is 4.79 Å². The third-order valence-electron chi connectivity index (χ3n) is 2.88. The smallest absolute Gasteiger partial charge is 0.258 e. The van der Waals surface area contributed by atoms with Crippen LogP contribution in [0.4, 0.5) is 5.82 Å². The summed E-state index contributed by atoms with van der Waals surface area (Å²) in [6.07, 6.45) is 1.59. The summed E-state index contributed by atoms with van der Waals surface area (Å²) in [5.41, 5.74) is 1.75. The molecule has 1 amide bonds. The molecule has 0 radical (unpaired) electrons. The molecule has 0 atom stereocenters.